The van der Waals surface area contributed by atoms with Gasteiger partial charge in [-0.15, -0.1) is 0 Å². The van der Waals surface area contributed by atoms with E-state index < -0.39 is 0 Å². The van der Waals surface area contributed by atoms with Crippen molar-refractivity contribution >= 4 is 7.92 Å². The molecule has 9 aliphatic rings. The van der Waals surface area contributed by atoms with Gasteiger partial charge in [0, 0.05) is 0 Å². The molecule has 0 spiro atoms. The van der Waals surface area contributed by atoms with E-state index in [-0.39, 0.29) is 0 Å². The number of hydrogen-bond acceptors (Lipinski definition) is 0. The van der Waals surface area contributed by atoms with E-state index in [1.807, 2.05) is 0 Å². The Morgan fingerprint density at radius 1 is 0.464 bits per heavy atom. The first kappa shape index (κ1) is 18.0. The fraction of sp³-hybridized carbons (Fsp3) is 1.00. The van der Waals surface area contributed by atoms with Crippen LogP contribution in [0.3, 0.4) is 0 Å². The van der Waals surface area contributed by atoms with E-state index in [1.165, 1.54) is 58.7 Å². The lowest BCUT2D eigenvalue weighted by atomic mass is 9.55. The zero-order valence-corrected chi connectivity index (χ0v) is 19.0. The minimum absolute atomic E-state index is 0.317. The fourth-order valence-corrected chi connectivity index (χ4v) is 16.0. The van der Waals surface area contributed by atoms with Gasteiger partial charge in [-0.25, -0.2) is 0 Å². The molecule has 1 heteroatoms. The summed E-state index contributed by atoms with van der Waals surface area (Å²) in [6, 6.07) is 0. The Balaban J connectivity index is 1.20. The zero-order chi connectivity index (χ0) is 18.2. The van der Waals surface area contributed by atoms with Crippen molar-refractivity contribution in [3.63, 3.8) is 0 Å². The normalized spacial score (nSPS) is 55.7. The molecule has 0 unspecified atom stereocenters. The molecule has 9 saturated carbocycles. The first-order chi connectivity index (χ1) is 13.8. The molecule has 8 bridgehead atoms. The van der Waals surface area contributed by atoms with Crippen molar-refractivity contribution in [1.29, 1.82) is 0 Å². The first-order valence-corrected chi connectivity index (χ1v) is 15.2. The van der Waals surface area contributed by atoms with Gasteiger partial charge in [0.1, 0.15) is 0 Å². The second-order valence-electron chi connectivity index (χ2n) is 13.0. The van der Waals surface area contributed by atoms with Gasteiger partial charge in [0.25, 0.3) is 0 Å². The van der Waals surface area contributed by atoms with Gasteiger partial charge in [0.2, 0.25) is 0 Å². The van der Waals surface area contributed by atoms with Gasteiger partial charge in [-0.1, -0.05) is 40.0 Å². The lowest BCUT2D eigenvalue weighted by Gasteiger charge is -2.62. The molecule has 28 heavy (non-hydrogen) atoms. The van der Waals surface area contributed by atoms with E-state index in [1.54, 1.807) is 102 Å². The van der Waals surface area contributed by atoms with E-state index in [0.717, 1.165) is 5.92 Å². The average molecular weight is 399 g/mol. The second-order valence-corrected chi connectivity index (χ2v) is 15.6. The Morgan fingerprint density at radius 2 is 0.857 bits per heavy atom. The van der Waals surface area contributed by atoms with Gasteiger partial charge < -0.3 is 0 Å². The van der Waals surface area contributed by atoms with Crippen molar-refractivity contribution in [2.24, 2.45) is 53.3 Å². The smallest absolute Gasteiger partial charge is 0.0149 e. The largest absolute Gasteiger partial charge is 0.0989 e. The Bertz CT molecular complexity index is 491. The van der Waals surface area contributed by atoms with Crippen LogP contribution >= 0.6 is 7.92 Å². The molecule has 0 atom stereocenters. The molecule has 0 aliphatic heterocycles. The topological polar surface area (TPSA) is 0 Å². The van der Waals surface area contributed by atoms with Crippen molar-refractivity contribution < 1.29 is 0 Å². The maximum absolute atomic E-state index is 1.75. The summed E-state index contributed by atoms with van der Waals surface area (Å²) in [6.45, 7) is 0. The number of hydrogen-bond donors (Lipinski definition) is 0. The highest BCUT2D eigenvalue weighted by atomic mass is 31.1. The van der Waals surface area contributed by atoms with Gasteiger partial charge >= 0.3 is 0 Å². The monoisotopic (exact) mass is 398 g/mol. The summed E-state index contributed by atoms with van der Waals surface area (Å²) in [4.78, 5) is 0. The third-order valence-corrected chi connectivity index (χ3v) is 15.5. The minimum Gasteiger partial charge on any atom is -0.0989 e. The summed E-state index contributed by atoms with van der Waals surface area (Å²) < 4.78 is 0. The molecule has 0 N–H and O–H groups in total. The second kappa shape index (κ2) is 6.97. The van der Waals surface area contributed by atoms with Crippen LogP contribution in [0.4, 0.5) is 0 Å². The predicted molar refractivity (Wildman–Crippen MR) is 120 cm³/mol. The lowest BCUT2D eigenvalue weighted by molar-refractivity contribution is 0.0127. The molecule has 0 nitrogen and oxygen atoms in total. The molecule has 0 amide bonds. The molecule has 0 aromatic carbocycles. The van der Waals surface area contributed by atoms with Crippen molar-refractivity contribution in [3.8, 4) is 0 Å². The van der Waals surface area contributed by atoms with Gasteiger partial charge in [-0.2, -0.15) is 0 Å². The Morgan fingerprint density at radius 3 is 1.25 bits per heavy atom. The molecule has 0 heterocycles. The summed E-state index contributed by atoms with van der Waals surface area (Å²) in [5.41, 5.74) is 2.49. The molecule has 0 saturated heterocycles. The number of rotatable bonds is 4. The van der Waals surface area contributed by atoms with Crippen LogP contribution in [0.25, 0.3) is 0 Å². The van der Waals surface area contributed by atoms with Crippen LogP contribution in [0.1, 0.15) is 96.3 Å². The van der Waals surface area contributed by atoms with E-state index in [4.69, 9.17) is 0 Å². The SMILES string of the molecule is C1CCC(CP(C2C3CC4CC(C3)CC2C4)C2C3CC4CC(C3)CC2C4)CC1. The minimum atomic E-state index is 0.317. The maximum Gasteiger partial charge on any atom is -0.0149 e. The fourth-order valence-electron chi connectivity index (χ4n) is 11.0. The third kappa shape index (κ3) is 2.93. The molecule has 9 aliphatic carbocycles. The standard InChI is InChI=1S/C27H43P/c1-2-4-17(5-3-1)16-28(26-22-8-18-6-19(10-22)11-23(26)9-18)27-24-12-20-7-21(14-24)15-25(27)13-20/h17-27H,1-16H2. The van der Waals surface area contributed by atoms with Crippen LogP contribution in [-0.2, 0) is 0 Å². The molecule has 9 fully saturated rings. The molecular weight excluding hydrogens is 355 g/mol. The maximum atomic E-state index is 1.75. The summed E-state index contributed by atoms with van der Waals surface area (Å²) in [6.07, 6.45) is 26.3. The Labute approximate surface area is 175 Å². The Kier molecular flexibility index (Phi) is 4.49. The van der Waals surface area contributed by atoms with Crippen LogP contribution in [0.15, 0.2) is 0 Å². The molecule has 156 valence electrons. The Hall–Kier alpha value is 0.430. The highest BCUT2D eigenvalue weighted by Gasteiger charge is 2.56. The van der Waals surface area contributed by atoms with E-state index in [0.29, 0.717) is 7.92 Å². The van der Waals surface area contributed by atoms with Crippen molar-refractivity contribution in [2.45, 2.75) is 108 Å². The highest BCUT2D eigenvalue weighted by molar-refractivity contribution is 7.59. The summed E-state index contributed by atoms with van der Waals surface area (Å²) in [7, 11) is 0.317. The summed E-state index contributed by atoms with van der Waals surface area (Å²) >= 11 is 0. The van der Waals surface area contributed by atoms with Gasteiger partial charge in [0.05, 0.1) is 0 Å². The molecule has 0 aromatic rings. The predicted octanol–water partition coefficient (Wildman–Crippen LogP) is 7.70. The lowest BCUT2D eigenvalue weighted by Crippen LogP contribution is -2.53. The third-order valence-electron chi connectivity index (χ3n) is 11.3. The van der Waals surface area contributed by atoms with Crippen LogP contribution in [0.5, 0.6) is 0 Å². The van der Waals surface area contributed by atoms with Gasteiger partial charge in [-0.3, -0.25) is 0 Å². The van der Waals surface area contributed by atoms with E-state index in [2.05, 4.69) is 0 Å². The van der Waals surface area contributed by atoms with Crippen LogP contribution in [0.2, 0.25) is 0 Å². The van der Waals surface area contributed by atoms with Crippen LogP contribution in [0, 0.1) is 53.3 Å². The van der Waals surface area contributed by atoms with Crippen molar-refractivity contribution in [3.05, 3.63) is 0 Å². The quantitative estimate of drug-likeness (QED) is 0.426. The molecular formula is C27H43P. The molecule has 0 aromatic heterocycles. The van der Waals surface area contributed by atoms with Gasteiger partial charge in [0.15, 0.2) is 0 Å². The van der Waals surface area contributed by atoms with E-state index >= 15 is 0 Å². The van der Waals surface area contributed by atoms with Crippen molar-refractivity contribution in [1.82, 2.24) is 0 Å². The summed E-state index contributed by atoms with van der Waals surface area (Å²) in [5.74, 6) is 10.6. The van der Waals surface area contributed by atoms with Crippen LogP contribution < -0.4 is 0 Å². The molecule has 0 radical (unpaired) electrons. The summed E-state index contributed by atoms with van der Waals surface area (Å²) in [5, 5.41) is 0. The van der Waals surface area contributed by atoms with Gasteiger partial charge in [-0.05, 0) is 135 Å². The zero-order valence-electron chi connectivity index (χ0n) is 18.1. The van der Waals surface area contributed by atoms with Crippen molar-refractivity contribution in [2.75, 3.05) is 6.16 Å². The average Bonchev–Trinajstić information content (AvgIpc) is 2.67. The molecule has 9 rings (SSSR count). The highest BCUT2D eigenvalue weighted by Crippen LogP contribution is 2.71. The van der Waals surface area contributed by atoms with Crippen LogP contribution in [-0.4, -0.2) is 17.5 Å². The van der Waals surface area contributed by atoms with E-state index in [9.17, 15) is 0 Å². The first-order valence-electron chi connectivity index (χ1n) is 13.6.